The quantitative estimate of drug-likeness (QED) is 0.659. The van der Waals surface area contributed by atoms with Gasteiger partial charge in [-0.2, -0.15) is 0 Å². The van der Waals surface area contributed by atoms with Gasteiger partial charge in [0.15, 0.2) is 0 Å². The molecule has 0 N–H and O–H groups in total. The third-order valence-corrected chi connectivity index (χ3v) is 5.48. The van der Waals surface area contributed by atoms with E-state index in [1.54, 1.807) is 0 Å². The molecule has 0 aromatic carbocycles. The molecule has 3 aromatic heterocycles. The average molecular weight is 380 g/mol. The number of fused-ring (bicyclic) bond motifs is 1. The molecule has 4 heterocycles. The molecule has 148 valence electrons. The molecule has 1 saturated heterocycles. The maximum Gasteiger partial charge on any atom is 0.274 e. The first-order chi connectivity index (χ1) is 13.6. The number of carbonyl (C=O) groups excluding carboxylic acids is 1. The second-order valence-corrected chi connectivity index (χ2v) is 7.79. The molecule has 3 aromatic rings. The number of piperidine rings is 1. The second kappa shape index (κ2) is 8.14. The average Bonchev–Trinajstić information content (AvgIpc) is 3.34. The predicted molar refractivity (Wildman–Crippen MR) is 108 cm³/mol. The molecule has 0 atom stereocenters. The Kier molecular flexibility index (Phi) is 5.43. The highest BCUT2D eigenvalue weighted by Gasteiger charge is 2.28. The van der Waals surface area contributed by atoms with Crippen LogP contribution in [0.25, 0.3) is 5.65 Å². The van der Waals surface area contributed by atoms with E-state index < -0.39 is 0 Å². The summed E-state index contributed by atoms with van der Waals surface area (Å²) in [6.45, 7) is 3.57. The molecule has 0 radical (unpaired) electrons. The van der Waals surface area contributed by atoms with Gasteiger partial charge in [0, 0.05) is 50.3 Å². The van der Waals surface area contributed by atoms with Crippen LogP contribution in [0.3, 0.4) is 0 Å². The third-order valence-electron chi connectivity index (χ3n) is 5.48. The number of amides is 1. The molecule has 1 aliphatic heterocycles. The van der Waals surface area contributed by atoms with Crippen LogP contribution in [0.5, 0.6) is 0 Å². The number of hydrogen-bond acceptors (Lipinski definition) is 4. The van der Waals surface area contributed by atoms with Crippen molar-refractivity contribution in [2.24, 2.45) is 0 Å². The monoisotopic (exact) mass is 380 g/mol. The molecule has 0 bridgehead atoms. The number of aryl methyl sites for hydroxylation is 1. The van der Waals surface area contributed by atoms with Crippen LogP contribution in [0, 0.1) is 0 Å². The summed E-state index contributed by atoms with van der Waals surface area (Å²) >= 11 is 0. The maximum atomic E-state index is 12.9. The van der Waals surface area contributed by atoms with E-state index in [1.165, 1.54) is 5.82 Å². The highest BCUT2D eigenvalue weighted by atomic mass is 16.2. The van der Waals surface area contributed by atoms with E-state index in [0.717, 1.165) is 51.1 Å². The highest BCUT2D eigenvalue weighted by Crippen LogP contribution is 2.27. The maximum absolute atomic E-state index is 12.9. The van der Waals surface area contributed by atoms with E-state index in [0.29, 0.717) is 11.6 Å². The van der Waals surface area contributed by atoms with Crippen molar-refractivity contribution < 1.29 is 4.79 Å². The fraction of sp³-hybridized carbons (Fsp3) is 0.476. The first-order valence-corrected chi connectivity index (χ1v) is 10.0. The van der Waals surface area contributed by atoms with Gasteiger partial charge < -0.3 is 18.8 Å². The van der Waals surface area contributed by atoms with Gasteiger partial charge in [0.2, 0.25) is 0 Å². The minimum absolute atomic E-state index is 0.0245. The smallest absolute Gasteiger partial charge is 0.274 e. The third kappa shape index (κ3) is 3.94. The molecule has 7 nitrogen and oxygen atoms in total. The van der Waals surface area contributed by atoms with E-state index in [4.69, 9.17) is 0 Å². The lowest BCUT2D eigenvalue weighted by Gasteiger charge is -2.31. The summed E-state index contributed by atoms with van der Waals surface area (Å²) < 4.78 is 4.18. The van der Waals surface area contributed by atoms with Crippen molar-refractivity contribution >= 4 is 11.6 Å². The Hall–Kier alpha value is -2.67. The van der Waals surface area contributed by atoms with Gasteiger partial charge in [-0.1, -0.05) is 6.07 Å². The molecule has 1 aliphatic rings. The van der Waals surface area contributed by atoms with Gasteiger partial charge in [-0.15, -0.1) is 0 Å². The van der Waals surface area contributed by atoms with Crippen molar-refractivity contribution in [3.8, 4) is 0 Å². The minimum atomic E-state index is 0.0245. The molecule has 0 unspecified atom stereocenters. The Balaban J connectivity index is 1.37. The molecule has 1 fully saturated rings. The summed E-state index contributed by atoms with van der Waals surface area (Å²) in [7, 11) is 4.20. The molecule has 0 spiro atoms. The summed E-state index contributed by atoms with van der Waals surface area (Å²) in [4.78, 5) is 26.1. The van der Waals surface area contributed by atoms with Crippen LogP contribution in [-0.4, -0.2) is 68.4 Å². The molecular weight excluding hydrogens is 352 g/mol. The summed E-state index contributed by atoms with van der Waals surface area (Å²) in [5, 5.41) is 0. The lowest BCUT2D eigenvalue weighted by atomic mass is 9.95. The van der Waals surface area contributed by atoms with Gasteiger partial charge in [0.05, 0.1) is 0 Å². The summed E-state index contributed by atoms with van der Waals surface area (Å²) in [5.74, 6) is 1.61. The molecule has 0 aliphatic carbocycles. The normalized spacial score (nSPS) is 15.6. The van der Waals surface area contributed by atoms with Crippen LogP contribution in [0.4, 0.5) is 0 Å². The van der Waals surface area contributed by atoms with Crippen molar-refractivity contribution in [3.05, 3.63) is 54.5 Å². The van der Waals surface area contributed by atoms with Crippen molar-refractivity contribution in [1.29, 1.82) is 0 Å². The van der Waals surface area contributed by atoms with Crippen molar-refractivity contribution in [3.63, 3.8) is 0 Å². The van der Waals surface area contributed by atoms with Gasteiger partial charge in [-0.05, 0) is 52.0 Å². The zero-order valence-electron chi connectivity index (χ0n) is 16.7. The van der Waals surface area contributed by atoms with Crippen molar-refractivity contribution in [2.45, 2.75) is 31.7 Å². The van der Waals surface area contributed by atoms with Crippen LogP contribution in [-0.2, 0) is 6.54 Å². The lowest BCUT2D eigenvalue weighted by Crippen LogP contribution is -2.38. The van der Waals surface area contributed by atoms with Crippen LogP contribution < -0.4 is 0 Å². The van der Waals surface area contributed by atoms with Gasteiger partial charge >= 0.3 is 0 Å². The largest absolute Gasteiger partial charge is 0.337 e. The number of aromatic nitrogens is 4. The lowest BCUT2D eigenvalue weighted by molar-refractivity contribution is 0.0705. The zero-order valence-corrected chi connectivity index (χ0v) is 16.7. The number of pyridine rings is 1. The van der Waals surface area contributed by atoms with E-state index in [9.17, 15) is 4.79 Å². The van der Waals surface area contributed by atoms with E-state index in [-0.39, 0.29) is 5.91 Å². The number of hydrogen-bond donors (Lipinski definition) is 0. The second-order valence-electron chi connectivity index (χ2n) is 7.79. The Morgan fingerprint density at radius 1 is 1.21 bits per heavy atom. The van der Waals surface area contributed by atoms with Gasteiger partial charge in [-0.25, -0.2) is 9.97 Å². The Bertz CT molecular complexity index is 902. The van der Waals surface area contributed by atoms with E-state index >= 15 is 0 Å². The number of nitrogens with zero attached hydrogens (tertiary/aromatic N) is 6. The zero-order chi connectivity index (χ0) is 19.5. The van der Waals surface area contributed by atoms with Gasteiger partial charge in [0.1, 0.15) is 17.2 Å². The number of imidazole rings is 2. The predicted octanol–water partition coefficient (Wildman–Crippen LogP) is 2.50. The van der Waals surface area contributed by atoms with Crippen LogP contribution in [0.15, 0.2) is 43.0 Å². The first kappa shape index (κ1) is 18.7. The van der Waals surface area contributed by atoms with E-state index in [1.807, 2.05) is 46.1 Å². The van der Waals surface area contributed by atoms with Crippen molar-refractivity contribution in [1.82, 2.24) is 28.7 Å². The molecule has 28 heavy (non-hydrogen) atoms. The molecular formula is C21H28N6O. The fourth-order valence-corrected chi connectivity index (χ4v) is 3.97. The Morgan fingerprint density at radius 3 is 2.79 bits per heavy atom. The first-order valence-electron chi connectivity index (χ1n) is 10.0. The van der Waals surface area contributed by atoms with Crippen LogP contribution in [0.2, 0.25) is 0 Å². The minimum Gasteiger partial charge on any atom is -0.337 e. The molecule has 0 saturated carbocycles. The van der Waals surface area contributed by atoms with Crippen LogP contribution >= 0.6 is 0 Å². The Morgan fingerprint density at radius 2 is 2.04 bits per heavy atom. The SMILES string of the molecule is CN(C)CCCn1ccnc1C1CCN(C(=O)c2cn3ccccc3n2)CC1. The summed E-state index contributed by atoms with van der Waals surface area (Å²) in [5.41, 5.74) is 1.33. The molecule has 4 rings (SSSR count). The summed E-state index contributed by atoms with van der Waals surface area (Å²) in [6, 6.07) is 5.79. The Labute approximate surface area is 165 Å². The topological polar surface area (TPSA) is 58.7 Å². The fourth-order valence-electron chi connectivity index (χ4n) is 3.97. The van der Waals surface area contributed by atoms with Gasteiger partial charge in [-0.3, -0.25) is 4.79 Å². The molecule has 7 heteroatoms. The van der Waals surface area contributed by atoms with Gasteiger partial charge in [0.25, 0.3) is 5.91 Å². The van der Waals surface area contributed by atoms with Crippen molar-refractivity contribution in [2.75, 3.05) is 33.7 Å². The number of likely N-dealkylation sites (tertiary alicyclic amines) is 1. The standard InChI is InChI=1S/C21H28N6O/c1-24(2)10-5-12-25-15-9-22-20(25)17-7-13-26(14-8-17)21(28)18-16-27-11-4-3-6-19(27)23-18/h3-4,6,9,11,15-17H,5,7-8,10,12-14H2,1-2H3. The highest BCUT2D eigenvalue weighted by molar-refractivity contribution is 5.93. The number of carbonyl (C=O) groups is 1. The van der Waals surface area contributed by atoms with Crippen LogP contribution in [0.1, 0.15) is 41.5 Å². The summed E-state index contributed by atoms with van der Waals surface area (Å²) in [6.07, 6.45) is 10.7. The number of rotatable bonds is 6. The molecule has 1 amide bonds. The van der Waals surface area contributed by atoms with E-state index in [2.05, 4.69) is 39.7 Å².